The average Bonchev–Trinajstić information content (AvgIpc) is 2.41. The molecule has 11 heteroatoms. The summed E-state index contributed by atoms with van der Waals surface area (Å²) in [7, 11) is 0.973. The summed E-state index contributed by atoms with van der Waals surface area (Å²) >= 11 is -0.0947. The maximum absolute atomic E-state index is 12.1. The van der Waals surface area contributed by atoms with E-state index in [4.69, 9.17) is 10.7 Å². The number of nitrogens with zero attached hydrogens (tertiary/aromatic N) is 2. The van der Waals surface area contributed by atoms with Gasteiger partial charge >= 0.3 is 11.0 Å². The molecule has 0 aliphatic rings. The van der Waals surface area contributed by atoms with Gasteiger partial charge in [-0.3, -0.25) is 4.79 Å². The Morgan fingerprint density at radius 3 is 2.38 bits per heavy atom. The van der Waals surface area contributed by atoms with Crippen molar-refractivity contribution in [3.05, 3.63) is 14.7 Å². The fraction of sp³-hybridized carbons (Fsp3) is 0.600. The molecule has 0 amide bonds. The highest BCUT2D eigenvalue weighted by Gasteiger charge is 2.36. The zero-order valence-corrected chi connectivity index (χ0v) is 9.75. The van der Waals surface area contributed by atoms with Crippen molar-refractivity contribution < 1.29 is 21.6 Å². The molecule has 0 saturated carbocycles. The molecule has 1 rings (SSSR count). The minimum absolute atomic E-state index is 0.0947. The lowest BCUT2D eigenvalue weighted by molar-refractivity contribution is -0.138. The van der Waals surface area contributed by atoms with Crippen molar-refractivity contribution >= 4 is 31.1 Å². The third-order valence-corrected chi connectivity index (χ3v) is 3.42. The molecule has 1 aromatic rings. The Hall–Kier alpha value is -0.610. The maximum Gasteiger partial charge on any atom is 0.445 e. The summed E-state index contributed by atoms with van der Waals surface area (Å²) < 4.78 is 57.8. The van der Waals surface area contributed by atoms with Crippen LogP contribution in [0.5, 0.6) is 0 Å². The van der Waals surface area contributed by atoms with Crippen molar-refractivity contribution in [2.24, 2.45) is 0 Å². The van der Waals surface area contributed by atoms with Gasteiger partial charge in [0.1, 0.15) is 0 Å². The second-order valence-corrected chi connectivity index (χ2v) is 6.47. The highest BCUT2D eigenvalue weighted by molar-refractivity contribution is 8.13. The third kappa shape index (κ3) is 3.76. The monoisotopic (exact) mass is 296 g/mol. The van der Waals surface area contributed by atoms with Gasteiger partial charge in [-0.05, 0) is 11.3 Å². The molecule has 0 spiro atoms. The van der Waals surface area contributed by atoms with Gasteiger partial charge in [0.25, 0.3) is 0 Å². The van der Waals surface area contributed by atoms with E-state index in [1.165, 1.54) is 0 Å². The molecule has 0 fully saturated rings. The van der Waals surface area contributed by atoms with Crippen LogP contribution in [0.4, 0.5) is 13.2 Å². The number of hydrogen-bond acceptors (Lipinski definition) is 5. The third-order valence-electron chi connectivity index (χ3n) is 1.40. The molecule has 1 heterocycles. The van der Waals surface area contributed by atoms with E-state index in [2.05, 4.69) is 5.10 Å². The quantitative estimate of drug-likeness (QED) is 0.777. The fourth-order valence-corrected chi connectivity index (χ4v) is 2.01. The van der Waals surface area contributed by atoms with Crippen molar-refractivity contribution in [3.63, 3.8) is 0 Å². The van der Waals surface area contributed by atoms with Gasteiger partial charge in [0.05, 0.1) is 12.3 Å². The van der Waals surface area contributed by atoms with Crippen molar-refractivity contribution in [2.75, 3.05) is 5.75 Å². The van der Waals surface area contributed by atoms with Crippen molar-refractivity contribution in [3.8, 4) is 0 Å². The summed E-state index contributed by atoms with van der Waals surface area (Å²) in [6, 6.07) is 0. The van der Waals surface area contributed by atoms with Gasteiger partial charge < -0.3 is 0 Å². The van der Waals surface area contributed by atoms with Gasteiger partial charge in [0.2, 0.25) is 14.1 Å². The van der Waals surface area contributed by atoms with E-state index >= 15 is 0 Å². The molecular formula is C5H4ClF3N2O3S2. The van der Waals surface area contributed by atoms with Crippen LogP contribution in [-0.2, 0) is 21.8 Å². The number of alkyl halides is 3. The van der Waals surface area contributed by atoms with Crippen LogP contribution < -0.4 is 4.87 Å². The zero-order chi connectivity index (χ0) is 12.6. The number of aryl methyl sites for hydroxylation is 1. The van der Waals surface area contributed by atoms with Gasteiger partial charge in [-0.15, -0.1) is 0 Å². The van der Waals surface area contributed by atoms with E-state index in [1.807, 2.05) is 0 Å². The van der Waals surface area contributed by atoms with Gasteiger partial charge in [-0.25, -0.2) is 13.1 Å². The van der Waals surface area contributed by atoms with Crippen LogP contribution in [0.15, 0.2) is 4.79 Å². The van der Waals surface area contributed by atoms with E-state index in [1.54, 1.807) is 0 Å². The smallest absolute Gasteiger partial charge is 0.255 e. The Labute approximate surface area is 95.9 Å². The number of hydrogen-bond donors (Lipinski definition) is 0. The molecule has 0 atom stereocenters. The van der Waals surface area contributed by atoms with Crippen LogP contribution in [0, 0.1) is 0 Å². The van der Waals surface area contributed by atoms with Gasteiger partial charge in [-0.1, -0.05) is 0 Å². The van der Waals surface area contributed by atoms with Crippen LogP contribution in [-0.4, -0.2) is 24.0 Å². The minimum Gasteiger partial charge on any atom is -0.255 e. The molecular weight excluding hydrogens is 293 g/mol. The first-order valence-electron chi connectivity index (χ1n) is 3.67. The van der Waals surface area contributed by atoms with Crippen LogP contribution in [0.3, 0.4) is 0 Å². The van der Waals surface area contributed by atoms with Crippen molar-refractivity contribution in [1.29, 1.82) is 0 Å². The van der Waals surface area contributed by atoms with Crippen molar-refractivity contribution in [2.45, 2.75) is 12.7 Å². The highest BCUT2D eigenvalue weighted by Crippen LogP contribution is 2.28. The first-order valence-corrected chi connectivity index (χ1v) is 6.96. The second-order valence-electron chi connectivity index (χ2n) is 2.64. The minimum atomic E-state index is -4.71. The lowest BCUT2D eigenvalue weighted by Crippen LogP contribution is -2.19. The molecule has 0 saturated heterocycles. The Balaban J connectivity index is 2.92. The van der Waals surface area contributed by atoms with Gasteiger partial charge in [-0.2, -0.15) is 18.3 Å². The van der Waals surface area contributed by atoms with Crippen LogP contribution in [0.1, 0.15) is 5.01 Å². The van der Waals surface area contributed by atoms with E-state index in [0.29, 0.717) is 4.68 Å². The highest BCUT2D eigenvalue weighted by atomic mass is 35.7. The summed E-state index contributed by atoms with van der Waals surface area (Å²) in [5.41, 5.74) is 0. The van der Waals surface area contributed by atoms with E-state index < -0.39 is 37.4 Å². The number of rotatable bonds is 3. The zero-order valence-electron chi connectivity index (χ0n) is 7.36. The standard InChI is InChI=1S/C5H4ClF3N2O3S2/c6-16(13,14)2-1-11-4(12)15-3(10-11)5(7,8)9/h1-2H2. The first-order chi connectivity index (χ1) is 7.09. The number of aromatic nitrogens is 2. The molecule has 0 aromatic carbocycles. The Kier molecular flexibility index (Phi) is 3.65. The van der Waals surface area contributed by atoms with Crippen molar-refractivity contribution in [1.82, 2.24) is 9.78 Å². The first kappa shape index (κ1) is 13.5. The molecule has 0 bridgehead atoms. The molecule has 0 aliphatic heterocycles. The SMILES string of the molecule is O=c1sc(C(F)(F)F)nn1CCS(=O)(=O)Cl. The molecule has 0 aliphatic carbocycles. The lowest BCUT2D eigenvalue weighted by Gasteiger charge is -1.99. The molecule has 0 radical (unpaired) electrons. The Bertz CT molecular complexity index is 532. The molecule has 0 N–H and O–H groups in total. The molecule has 0 unspecified atom stereocenters. The van der Waals surface area contributed by atoms with Crippen LogP contribution >= 0.6 is 22.0 Å². The summed E-state index contributed by atoms with van der Waals surface area (Å²) in [5.74, 6) is -0.657. The molecule has 5 nitrogen and oxygen atoms in total. The van der Waals surface area contributed by atoms with Gasteiger partial charge in [0, 0.05) is 10.7 Å². The summed E-state index contributed by atoms with van der Waals surface area (Å²) in [4.78, 5) is 10.0. The predicted molar refractivity (Wildman–Crippen MR) is 51.0 cm³/mol. The normalized spacial score (nSPS) is 13.0. The predicted octanol–water partition coefficient (Wildman–Crippen LogP) is 0.892. The molecule has 1 aromatic heterocycles. The average molecular weight is 297 g/mol. The van der Waals surface area contributed by atoms with E-state index in [9.17, 15) is 26.4 Å². The topological polar surface area (TPSA) is 69.0 Å². The number of halogens is 4. The van der Waals surface area contributed by atoms with Gasteiger partial charge in [0.15, 0.2) is 0 Å². The summed E-state index contributed by atoms with van der Waals surface area (Å²) in [6.45, 7) is -0.503. The van der Waals surface area contributed by atoms with Crippen LogP contribution in [0.25, 0.3) is 0 Å². The summed E-state index contributed by atoms with van der Waals surface area (Å²) in [5, 5.41) is 1.64. The fourth-order valence-electron chi connectivity index (χ4n) is 0.758. The van der Waals surface area contributed by atoms with Crippen LogP contribution in [0.2, 0.25) is 0 Å². The lowest BCUT2D eigenvalue weighted by atomic mass is 10.7. The summed E-state index contributed by atoms with van der Waals surface area (Å²) in [6.07, 6.45) is -4.71. The van der Waals surface area contributed by atoms with E-state index in [0.717, 1.165) is 0 Å². The largest absolute Gasteiger partial charge is 0.445 e. The maximum atomic E-state index is 12.1. The Morgan fingerprint density at radius 1 is 1.44 bits per heavy atom. The molecule has 16 heavy (non-hydrogen) atoms. The van der Waals surface area contributed by atoms with E-state index in [-0.39, 0.29) is 11.3 Å². The molecule has 92 valence electrons. The Morgan fingerprint density at radius 2 is 2.00 bits per heavy atom. The second kappa shape index (κ2) is 4.34.